The number of rotatable bonds is 5. The van der Waals surface area contributed by atoms with Gasteiger partial charge in [-0.25, -0.2) is 0 Å². The summed E-state index contributed by atoms with van der Waals surface area (Å²) in [5.74, 6) is 0.930. The Balaban J connectivity index is 1.75. The van der Waals surface area contributed by atoms with Gasteiger partial charge in [0.15, 0.2) is 0 Å². The molecule has 22 heavy (non-hydrogen) atoms. The largest absolute Gasteiger partial charge is 0.383 e. The van der Waals surface area contributed by atoms with E-state index in [1.165, 1.54) is 0 Å². The highest BCUT2D eigenvalue weighted by Crippen LogP contribution is 2.30. The highest BCUT2D eigenvalue weighted by molar-refractivity contribution is 6.33. The lowest BCUT2D eigenvalue weighted by Crippen LogP contribution is -2.28. The van der Waals surface area contributed by atoms with Crippen molar-refractivity contribution in [2.75, 3.05) is 26.8 Å². The number of carbonyl (C=O) groups is 1. The Labute approximate surface area is 133 Å². The van der Waals surface area contributed by atoms with Gasteiger partial charge in [0.1, 0.15) is 0 Å². The molecule has 1 amide bonds. The number of amides is 1. The van der Waals surface area contributed by atoms with Crippen molar-refractivity contribution >= 4 is 17.5 Å². The molecule has 0 saturated carbocycles. The van der Waals surface area contributed by atoms with Crippen LogP contribution in [0.5, 0.6) is 0 Å². The maximum absolute atomic E-state index is 12.0. The number of ether oxygens (including phenoxy) is 1. The smallest absolute Gasteiger partial charge is 0.232 e. The molecule has 1 saturated heterocycles. The predicted molar refractivity (Wildman–Crippen MR) is 80.6 cm³/mol. The van der Waals surface area contributed by atoms with Crippen LogP contribution < -0.4 is 0 Å². The molecule has 2 heterocycles. The minimum Gasteiger partial charge on any atom is -0.383 e. The lowest BCUT2D eigenvalue weighted by atomic mass is 10.1. The molecule has 2 aromatic rings. The first kappa shape index (κ1) is 15.0. The van der Waals surface area contributed by atoms with Crippen LogP contribution in [0.1, 0.15) is 18.2 Å². The van der Waals surface area contributed by atoms with Crippen LogP contribution in [-0.2, 0) is 9.53 Å². The second-order valence-corrected chi connectivity index (χ2v) is 5.58. The molecular formula is C15H16ClN3O3. The maximum Gasteiger partial charge on any atom is 0.232 e. The van der Waals surface area contributed by atoms with Crippen LogP contribution in [-0.4, -0.2) is 47.8 Å². The lowest BCUT2D eigenvalue weighted by molar-refractivity contribution is -0.128. The van der Waals surface area contributed by atoms with Gasteiger partial charge in [-0.15, -0.1) is 0 Å². The van der Waals surface area contributed by atoms with E-state index in [0.29, 0.717) is 42.9 Å². The zero-order chi connectivity index (χ0) is 15.5. The standard InChI is InChI=1S/C15H16ClN3O3/c1-21-7-6-19-9-10(8-13(19)20)15-17-14(18-22-15)11-4-2-3-5-12(11)16/h2-5,10H,6-9H2,1H3/t10-/m1/s1. The third kappa shape index (κ3) is 2.98. The lowest BCUT2D eigenvalue weighted by Gasteiger charge is -2.14. The predicted octanol–water partition coefficient (Wildman–Crippen LogP) is 2.35. The average Bonchev–Trinajstić information content (AvgIpc) is 3.12. The molecule has 0 bridgehead atoms. The number of halogens is 1. The van der Waals surface area contributed by atoms with Crippen LogP contribution in [0.3, 0.4) is 0 Å². The van der Waals surface area contributed by atoms with Gasteiger partial charge < -0.3 is 14.2 Å². The zero-order valence-corrected chi connectivity index (χ0v) is 12.9. The van der Waals surface area contributed by atoms with Gasteiger partial charge in [-0.3, -0.25) is 4.79 Å². The topological polar surface area (TPSA) is 68.5 Å². The Morgan fingerprint density at radius 1 is 1.45 bits per heavy atom. The molecule has 1 aromatic carbocycles. The molecule has 0 N–H and O–H groups in total. The molecule has 1 aliphatic rings. The van der Waals surface area contributed by atoms with Crippen molar-refractivity contribution in [1.82, 2.24) is 15.0 Å². The molecule has 3 rings (SSSR count). The van der Waals surface area contributed by atoms with E-state index in [-0.39, 0.29) is 11.8 Å². The average molecular weight is 322 g/mol. The first-order chi connectivity index (χ1) is 10.7. The molecule has 7 heteroatoms. The summed E-state index contributed by atoms with van der Waals surface area (Å²) in [6, 6.07) is 7.32. The van der Waals surface area contributed by atoms with Gasteiger partial charge in [0.2, 0.25) is 17.6 Å². The van der Waals surface area contributed by atoms with Gasteiger partial charge in [-0.05, 0) is 12.1 Å². The maximum atomic E-state index is 12.0. The van der Waals surface area contributed by atoms with Crippen molar-refractivity contribution in [3.63, 3.8) is 0 Å². The van der Waals surface area contributed by atoms with Crippen molar-refractivity contribution in [3.05, 3.63) is 35.2 Å². The number of hydrogen-bond acceptors (Lipinski definition) is 5. The molecule has 0 spiro atoms. The minimum absolute atomic E-state index is 0.0758. The highest BCUT2D eigenvalue weighted by Gasteiger charge is 2.34. The second-order valence-electron chi connectivity index (χ2n) is 5.17. The SMILES string of the molecule is COCCN1C[C@H](c2nc(-c3ccccc3Cl)no2)CC1=O. The third-order valence-corrected chi connectivity index (χ3v) is 4.02. The fourth-order valence-corrected chi connectivity index (χ4v) is 2.73. The van der Waals surface area contributed by atoms with Crippen LogP contribution >= 0.6 is 11.6 Å². The van der Waals surface area contributed by atoms with Crippen molar-refractivity contribution in [2.45, 2.75) is 12.3 Å². The molecule has 1 atom stereocenters. The Kier molecular flexibility index (Phi) is 4.40. The number of hydrogen-bond donors (Lipinski definition) is 0. The number of nitrogens with zero attached hydrogens (tertiary/aromatic N) is 3. The molecule has 0 aliphatic carbocycles. The van der Waals surface area contributed by atoms with Crippen LogP contribution in [0.2, 0.25) is 5.02 Å². The zero-order valence-electron chi connectivity index (χ0n) is 12.2. The van der Waals surface area contributed by atoms with Crippen LogP contribution in [0.15, 0.2) is 28.8 Å². The molecule has 6 nitrogen and oxygen atoms in total. The first-order valence-corrected chi connectivity index (χ1v) is 7.42. The fraction of sp³-hybridized carbons (Fsp3) is 0.400. The third-order valence-electron chi connectivity index (χ3n) is 3.69. The summed E-state index contributed by atoms with van der Waals surface area (Å²) in [5, 5.41) is 4.55. The highest BCUT2D eigenvalue weighted by atomic mass is 35.5. The molecule has 1 fully saturated rings. The summed E-state index contributed by atoms with van der Waals surface area (Å²) in [4.78, 5) is 18.1. The van der Waals surface area contributed by atoms with E-state index in [4.69, 9.17) is 20.9 Å². The monoisotopic (exact) mass is 321 g/mol. The molecule has 1 aliphatic heterocycles. The van der Waals surface area contributed by atoms with Crippen LogP contribution in [0.4, 0.5) is 0 Å². The number of methoxy groups -OCH3 is 1. The summed E-state index contributed by atoms with van der Waals surface area (Å²) in [7, 11) is 1.62. The van der Waals surface area contributed by atoms with Gasteiger partial charge in [0.05, 0.1) is 17.5 Å². The molecule has 116 valence electrons. The Bertz CT molecular complexity index is 674. The van der Waals surface area contributed by atoms with E-state index in [1.54, 1.807) is 18.1 Å². The summed E-state index contributed by atoms with van der Waals surface area (Å²) in [6.07, 6.45) is 0.383. The van der Waals surface area contributed by atoms with E-state index >= 15 is 0 Å². The van der Waals surface area contributed by atoms with E-state index < -0.39 is 0 Å². The number of carbonyl (C=O) groups excluding carboxylic acids is 1. The fourth-order valence-electron chi connectivity index (χ4n) is 2.51. The van der Waals surface area contributed by atoms with Crippen molar-refractivity contribution in [2.24, 2.45) is 0 Å². The second kappa shape index (κ2) is 6.46. The van der Waals surface area contributed by atoms with E-state index in [0.717, 1.165) is 5.56 Å². The van der Waals surface area contributed by atoms with E-state index in [2.05, 4.69) is 10.1 Å². The summed E-state index contributed by atoms with van der Waals surface area (Å²) >= 11 is 6.13. The summed E-state index contributed by atoms with van der Waals surface area (Å²) in [6.45, 7) is 1.68. The quantitative estimate of drug-likeness (QED) is 0.845. The van der Waals surface area contributed by atoms with E-state index in [1.807, 2.05) is 18.2 Å². The normalized spacial score (nSPS) is 18.2. The first-order valence-electron chi connectivity index (χ1n) is 7.04. The number of benzene rings is 1. The molecule has 1 aromatic heterocycles. The van der Waals surface area contributed by atoms with Crippen LogP contribution in [0, 0.1) is 0 Å². The molecule has 0 radical (unpaired) electrons. The van der Waals surface area contributed by atoms with Gasteiger partial charge >= 0.3 is 0 Å². The van der Waals surface area contributed by atoms with Gasteiger partial charge in [0, 0.05) is 32.2 Å². The van der Waals surface area contributed by atoms with Crippen molar-refractivity contribution < 1.29 is 14.1 Å². The Morgan fingerprint density at radius 2 is 2.27 bits per heavy atom. The van der Waals surface area contributed by atoms with Gasteiger partial charge in [-0.2, -0.15) is 4.98 Å². The van der Waals surface area contributed by atoms with Gasteiger partial charge in [-0.1, -0.05) is 28.9 Å². The minimum atomic E-state index is -0.0758. The van der Waals surface area contributed by atoms with Crippen molar-refractivity contribution in [3.8, 4) is 11.4 Å². The molecule has 0 unspecified atom stereocenters. The Hall–Kier alpha value is -1.92. The number of aromatic nitrogens is 2. The summed E-state index contributed by atoms with van der Waals surface area (Å²) in [5.41, 5.74) is 0.722. The molecular weight excluding hydrogens is 306 g/mol. The van der Waals surface area contributed by atoms with Crippen molar-refractivity contribution in [1.29, 1.82) is 0 Å². The van der Waals surface area contributed by atoms with E-state index in [9.17, 15) is 4.79 Å². The Morgan fingerprint density at radius 3 is 3.05 bits per heavy atom. The van der Waals surface area contributed by atoms with Crippen LogP contribution in [0.25, 0.3) is 11.4 Å². The summed E-state index contributed by atoms with van der Waals surface area (Å²) < 4.78 is 10.3. The number of likely N-dealkylation sites (tertiary alicyclic amines) is 1. The van der Waals surface area contributed by atoms with Gasteiger partial charge in [0.25, 0.3) is 0 Å².